The van der Waals surface area contributed by atoms with Crippen molar-refractivity contribution in [3.8, 4) is 16.9 Å². The van der Waals surface area contributed by atoms with Crippen molar-refractivity contribution in [2.75, 3.05) is 31.7 Å². The van der Waals surface area contributed by atoms with Gasteiger partial charge in [-0.3, -0.25) is 4.68 Å². The van der Waals surface area contributed by atoms with Gasteiger partial charge in [-0.05, 0) is 62.3 Å². The molecule has 4 aromatic carbocycles. The van der Waals surface area contributed by atoms with Crippen molar-refractivity contribution >= 4 is 33.3 Å². The zero-order valence-electron chi connectivity index (χ0n) is 28.3. The molecule has 6 aromatic rings. The number of aliphatic hydroxyl groups excluding tert-OH is 1. The first-order chi connectivity index (χ1) is 23.4. The fourth-order valence-electron chi connectivity index (χ4n) is 6.86. The Balaban J connectivity index is 1.39. The summed E-state index contributed by atoms with van der Waals surface area (Å²) < 4.78 is 15.9. The maximum atomic E-state index is 13.9. The molecule has 2 heterocycles. The first-order valence-electron chi connectivity index (χ1n) is 16.7. The van der Waals surface area contributed by atoms with Crippen LogP contribution < -0.4 is 9.64 Å². The van der Waals surface area contributed by atoms with Crippen molar-refractivity contribution in [3.63, 3.8) is 0 Å². The maximum absolute atomic E-state index is 13.9. The Hall–Kier alpha value is -5.08. The largest absolute Gasteiger partial charge is 0.493 e. The summed E-state index contributed by atoms with van der Waals surface area (Å²) in [6.45, 7) is 5.86. The summed E-state index contributed by atoms with van der Waals surface area (Å²) in [5.41, 5.74) is 7.04. The second kappa shape index (κ2) is 14.8. The van der Waals surface area contributed by atoms with E-state index in [4.69, 9.17) is 9.47 Å². The molecule has 1 N–H and O–H groups in total. The average Bonchev–Trinajstić information content (AvgIpc) is 3.58. The number of hydrogen-bond donors (Lipinski definition) is 1. The number of nitrogens with zero attached hydrogens (tertiary/aromatic N) is 4. The molecule has 0 aliphatic heterocycles. The highest BCUT2D eigenvalue weighted by molar-refractivity contribution is 6.05. The predicted octanol–water partition coefficient (Wildman–Crippen LogP) is 7.71. The molecule has 0 unspecified atom stereocenters. The lowest BCUT2D eigenvalue weighted by Gasteiger charge is -2.20. The number of anilines is 1. The number of aromatic nitrogens is 3. The fraction of sp³-hybridized carbons (Fsp3) is 0.300. The van der Waals surface area contributed by atoms with Gasteiger partial charge in [0.05, 0.1) is 36.7 Å². The summed E-state index contributed by atoms with van der Waals surface area (Å²) in [5, 5.41) is 18.3. The van der Waals surface area contributed by atoms with Crippen LogP contribution in [0.2, 0.25) is 0 Å². The number of esters is 1. The smallest absolute Gasteiger partial charge is 0.355 e. The van der Waals surface area contributed by atoms with E-state index in [0.717, 1.165) is 74.2 Å². The van der Waals surface area contributed by atoms with Gasteiger partial charge in [-0.25, -0.2) is 4.79 Å². The quantitative estimate of drug-likeness (QED) is 0.0967. The summed E-state index contributed by atoms with van der Waals surface area (Å²) in [4.78, 5) is 16.1. The number of hydrogen-bond acceptors (Lipinski definition) is 6. The van der Waals surface area contributed by atoms with Crippen molar-refractivity contribution in [2.24, 2.45) is 7.05 Å². The Morgan fingerprint density at radius 3 is 2.44 bits per heavy atom. The molecule has 0 aliphatic carbocycles. The monoisotopic (exact) mass is 644 g/mol. The standard InChI is InChI=1S/C40H44N4O4/c1-5-47-40(46)39-33(22-13-26-48-36-23-11-16-29-15-9-10-19-31(29)36)32-20-12-21-34(37-28(2)41-43(4)35(37)27-45)38(32)44(39)25-14-24-42(3)30-17-7-6-8-18-30/h6-12,15-21,23,45H,5,13-14,22,24-27H2,1-4H3. The van der Waals surface area contributed by atoms with Gasteiger partial charge in [0, 0.05) is 54.8 Å². The van der Waals surface area contributed by atoms with E-state index in [-0.39, 0.29) is 19.2 Å². The zero-order valence-corrected chi connectivity index (χ0v) is 28.3. The molecule has 48 heavy (non-hydrogen) atoms. The molecule has 0 fully saturated rings. The van der Waals surface area contributed by atoms with E-state index in [2.05, 4.69) is 64.1 Å². The topological polar surface area (TPSA) is 81.7 Å². The molecule has 0 radical (unpaired) electrons. The lowest BCUT2D eigenvalue weighted by atomic mass is 9.98. The van der Waals surface area contributed by atoms with Crippen LogP contribution >= 0.6 is 0 Å². The Bertz CT molecular complexity index is 2020. The molecule has 6 rings (SSSR count). The number of aryl methyl sites for hydroxylation is 4. The molecule has 8 heteroatoms. The molecule has 0 aliphatic rings. The number of carbonyl (C=O) groups excluding carboxylic acids is 1. The molecule has 8 nitrogen and oxygen atoms in total. The van der Waals surface area contributed by atoms with Gasteiger partial charge in [-0.1, -0.05) is 72.8 Å². The van der Waals surface area contributed by atoms with E-state index in [1.54, 1.807) is 4.68 Å². The molecular weight excluding hydrogens is 600 g/mol. The average molecular weight is 645 g/mol. The summed E-state index contributed by atoms with van der Waals surface area (Å²) in [6, 6.07) is 30.8. The lowest BCUT2D eigenvalue weighted by molar-refractivity contribution is 0.0512. The fourth-order valence-corrected chi connectivity index (χ4v) is 6.86. The van der Waals surface area contributed by atoms with Gasteiger partial charge < -0.3 is 24.0 Å². The molecule has 0 amide bonds. The van der Waals surface area contributed by atoms with Gasteiger partial charge in [-0.15, -0.1) is 0 Å². The van der Waals surface area contributed by atoms with E-state index in [1.807, 2.05) is 69.4 Å². The van der Waals surface area contributed by atoms with E-state index in [0.29, 0.717) is 31.7 Å². The number of carbonyl (C=O) groups is 1. The van der Waals surface area contributed by atoms with Gasteiger partial charge in [0.15, 0.2) is 0 Å². The minimum Gasteiger partial charge on any atom is -0.493 e. The minimum atomic E-state index is -0.327. The first kappa shape index (κ1) is 32.8. The Morgan fingerprint density at radius 2 is 1.65 bits per heavy atom. The van der Waals surface area contributed by atoms with Crippen molar-refractivity contribution in [1.82, 2.24) is 14.3 Å². The third-order valence-electron chi connectivity index (χ3n) is 9.07. The van der Waals surface area contributed by atoms with Crippen molar-refractivity contribution < 1.29 is 19.4 Å². The van der Waals surface area contributed by atoms with Crippen LogP contribution in [0, 0.1) is 6.92 Å². The highest BCUT2D eigenvalue weighted by Crippen LogP contribution is 2.38. The molecule has 248 valence electrons. The second-order valence-corrected chi connectivity index (χ2v) is 12.1. The lowest BCUT2D eigenvalue weighted by Crippen LogP contribution is -2.21. The zero-order chi connectivity index (χ0) is 33.6. The first-order valence-corrected chi connectivity index (χ1v) is 16.7. The van der Waals surface area contributed by atoms with Crippen LogP contribution in [0.25, 0.3) is 32.8 Å². The van der Waals surface area contributed by atoms with E-state index < -0.39 is 0 Å². The van der Waals surface area contributed by atoms with E-state index in [1.165, 1.54) is 0 Å². The predicted molar refractivity (Wildman–Crippen MR) is 193 cm³/mol. The van der Waals surface area contributed by atoms with Crippen molar-refractivity contribution in [2.45, 2.75) is 46.3 Å². The van der Waals surface area contributed by atoms with Crippen LogP contribution in [0.4, 0.5) is 5.69 Å². The number of ether oxygens (including phenoxy) is 2. The molecule has 0 atom stereocenters. The SMILES string of the molecule is CCOC(=O)c1c(CCCOc2cccc3ccccc23)c2cccc(-c3c(C)nn(C)c3CO)c2n1CCCN(C)c1ccccc1. The summed E-state index contributed by atoms with van der Waals surface area (Å²) in [5.74, 6) is 0.529. The van der Waals surface area contributed by atoms with Gasteiger partial charge in [-0.2, -0.15) is 5.10 Å². The highest BCUT2D eigenvalue weighted by atomic mass is 16.5. The molecular formula is C40H44N4O4. The molecule has 0 bridgehead atoms. The third kappa shape index (κ3) is 6.53. The summed E-state index contributed by atoms with van der Waals surface area (Å²) in [6.07, 6.45) is 2.15. The maximum Gasteiger partial charge on any atom is 0.355 e. The number of fused-ring (bicyclic) bond motifs is 2. The van der Waals surface area contributed by atoms with Crippen LogP contribution in [0.5, 0.6) is 5.75 Å². The van der Waals surface area contributed by atoms with Crippen molar-refractivity contribution in [3.05, 3.63) is 114 Å². The second-order valence-electron chi connectivity index (χ2n) is 12.1. The van der Waals surface area contributed by atoms with Crippen LogP contribution in [-0.4, -0.2) is 52.2 Å². The van der Waals surface area contributed by atoms with Gasteiger partial charge in [0.2, 0.25) is 0 Å². The molecule has 0 saturated carbocycles. The molecule has 2 aromatic heterocycles. The van der Waals surface area contributed by atoms with Crippen molar-refractivity contribution in [1.29, 1.82) is 0 Å². The Kier molecular flexibility index (Phi) is 10.1. The Morgan fingerprint density at radius 1 is 0.917 bits per heavy atom. The number of rotatable bonds is 14. The van der Waals surface area contributed by atoms with Gasteiger partial charge in [0.25, 0.3) is 0 Å². The minimum absolute atomic E-state index is 0.144. The summed E-state index contributed by atoms with van der Waals surface area (Å²) in [7, 11) is 3.95. The Labute approximate surface area is 282 Å². The van der Waals surface area contributed by atoms with Gasteiger partial charge >= 0.3 is 5.97 Å². The summed E-state index contributed by atoms with van der Waals surface area (Å²) >= 11 is 0. The van der Waals surface area contributed by atoms with Crippen LogP contribution in [-0.2, 0) is 31.4 Å². The number of aliphatic hydroxyl groups is 1. The van der Waals surface area contributed by atoms with E-state index >= 15 is 0 Å². The van der Waals surface area contributed by atoms with E-state index in [9.17, 15) is 9.90 Å². The molecule has 0 spiro atoms. The number of benzene rings is 4. The van der Waals surface area contributed by atoms with Crippen LogP contribution in [0.1, 0.15) is 47.2 Å². The molecule has 0 saturated heterocycles. The van der Waals surface area contributed by atoms with Gasteiger partial charge in [0.1, 0.15) is 11.4 Å². The third-order valence-corrected chi connectivity index (χ3v) is 9.07. The number of para-hydroxylation sites is 2. The highest BCUT2D eigenvalue weighted by Gasteiger charge is 2.27. The van der Waals surface area contributed by atoms with Crippen LogP contribution in [0.15, 0.2) is 91.0 Å². The van der Waals surface area contributed by atoms with Crippen LogP contribution in [0.3, 0.4) is 0 Å². The normalized spacial score (nSPS) is 11.4.